The first-order valence-electron chi connectivity index (χ1n) is 6.02. The molecule has 2 aliphatic rings. The molecule has 0 aromatic rings. The van der Waals surface area contributed by atoms with Crippen LogP contribution in [0.25, 0.3) is 0 Å². The van der Waals surface area contributed by atoms with Crippen molar-refractivity contribution in [3.63, 3.8) is 0 Å². The molecule has 2 unspecified atom stereocenters. The second-order valence-electron chi connectivity index (χ2n) is 5.80. The summed E-state index contributed by atoms with van der Waals surface area (Å²) in [6.45, 7) is 9.40. The largest absolute Gasteiger partial charge is 0.300 e. The summed E-state index contributed by atoms with van der Waals surface area (Å²) in [6, 6.07) is 0. The fraction of sp³-hybridized carbons (Fsp3) is 0.917. The molecule has 2 aliphatic heterocycles. The lowest BCUT2D eigenvalue weighted by Gasteiger charge is -2.38. The van der Waals surface area contributed by atoms with Gasteiger partial charge in [0.15, 0.2) is 0 Å². The Morgan fingerprint density at radius 3 is 2.73 bits per heavy atom. The lowest BCUT2D eigenvalue weighted by atomic mass is 9.78. The van der Waals surface area contributed by atoms with Crippen molar-refractivity contribution in [3.05, 3.63) is 0 Å². The smallest absolute Gasteiger partial charge is 0.144 e. The van der Waals surface area contributed by atoms with Crippen molar-refractivity contribution in [3.8, 4) is 0 Å². The predicted molar refractivity (Wildman–Crippen MR) is 60.5 cm³/mol. The molecule has 0 aliphatic carbocycles. The maximum Gasteiger partial charge on any atom is 0.144 e. The molecule has 2 atom stereocenters. The lowest BCUT2D eigenvalue weighted by Crippen LogP contribution is -2.51. The van der Waals surface area contributed by atoms with E-state index in [4.69, 9.17) is 0 Å². The van der Waals surface area contributed by atoms with Gasteiger partial charge in [-0.15, -0.1) is 0 Å². The summed E-state index contributed by atoms with van der Waals surface area (Å²) in [7, 11) is 0. The fourth-order valence-corrected chi connectivity index (χ4v) is 2.77. The average Bonchev–Trinajstić information content (AvgIpc) is 2.62. The van der Waals surface area contributed by atoms with Gasteiger partial charge in [-0.05, 0) is 19.4 Å². The van der Waals surface area contributed by atoms with Crippen molar-refractivity contribution in [2.24, 2.45) is 11.3 Å². The molecular formula is C12H22N2O. The number of rotatable bonds is 1. The van der Waals surface area contributed by atoms with Crippen molar-refractivity contribution in [1.82, 2.24) is 10.2 Å². The van der Waals surface area contributed by atoms with Gasteiger partial charge in [-0.25, -0.2) is 0 Å². The number of hydrogen-bond donors (Lipinski definition) is 1. The Hall–Kier alpha value is -0.410. The van der Waals surface area contributed by atoms with Crippen molar-refractivity contribution in [2.75, 3.05) is 19.6 Å². The van der Waals surface area contributed by atoms with Crippen LogP contribution in [0.15, 0.2) is 0 Å². The molecule has 2 rings (SSSR count). The van der Waals surface area contributed by atoms with E-state index in [1.165, 1.54) is 6.42 Å². The highest BCUT2D eigenvalue weighted by molar-refractivity contribution is 5.86. The minimum Gasteiger partial charge on any atom is -0.300 e. The molecule has 0 saturated carbocycles. The Balaban J connectivity index is 2.11. The monoisotopic (exact) mass is 210 g/mol. The summed E-state index contributed by atoms with van der Waals surface area (Å²) in [6.07, 6.45) is 2.56. The van der Waals surface area contributed by atoms with Crippen molar-refractivity contribution < 1.29 is 4.79 Å². The van der Waals surface area contributed by atoms with Gasteiger partial charge in [0.25, 0.3) is 0 Å². The zero-order valence-corrected chi connectivity index (χ0v) is 10.0. The second kappa shape index (κ2) is 3.87. The number of fused-ring (bicyclic) bond motifs is 1. The minimum absolute atomic E-state index is 0.196. The van der Waals surface area contributed by atoms with E-state index in [1.807, 2.05) is 20.8 Å². The van der Waals surface area contributed by atoms with Gasteiger partial charge >= 0.3 is 0 Å². The summed E-state index contributed by atoms with van der Waals surface area (Å²) in [5.74, 6) is 0.632. The van der Waals surface area contributed by atoms with Crippen LogP contribution in [0.3, 0.4) is 0 Å². The minimum atomic E-state index is -0.196. The number of nitrogens with one attached hydrogen (secondary N) is 1. The number of hydrogen-bond acceptors (Lipinski definition) is 3. The van der Waals surface area contributed by atoms with Gasteiger partial charge in [-0.3, -0.25) is 15.0 Å². The van der Waals surface area contributed by atoms with Crippen LogP contribution in [0.2, 0.25) is 0 Å². The number of Topliss-reactive ketones (excluding diaryl/α,β-unsaturated/α-hetero) is 1. The van der Waals surface area contributed by atoms with Crippen molar-refractivity contribution >= 4 is 5.78 Å². The van der Waals surface area contributed by atoms with E-state index >= 15 is 0 Å². The van der Waals surface area contributed by atoms with E-state index in [0.717, 1.165) is 26.1 Å². The van der Waals surface area contributed by atoms with E-state index in [1.54, 1.807) is 0 Å². The van der Waals surface area contributed by atoms with Crippen LogP contribution in [-0.4, -0.2) is 36.5 Å². The third-order valence-corrected chi connectivity index (χ3v) is 3.56. The van der Waals surface area contributed by atoms with Gasteiger partial charge in [0.2, 0.25) is 0 Å². The second-order valence-corrected chi connectivity index (χ2v) is 5.80. The van der Waals surface area contributed by atoms with Crippen LogP contribution in [0, 0.1) is 11.3 Å². The first-order valence-corrected chi connectivity index (χ1v) is 6.02. The topological polar surface area (TPSA) is 32.3 Å². The molecule has 0 aromatic carbocycles. The zero-order valence-electron chi connectivity index (χ0n) is 10.0. The first-order chi connectivity index (χ1) is 7.00. The number of nitrogens with zero attached hydrogens (tertiary/aromatic N) is 1. The van der Waals surface area contributed by atoms with Crippen LogP contribution >= 0.6 is 0 Å². The molecule has 3 heteroatoms. The lowest BCUT2D eigenvalue weighted by molar-refractivity contribution is -0.134. The molecule has 3 nitrogen and oxygen atoms in total. The fourth-order valence-electron chi connectivity index (χ4n) is 2.77. The van der Waals surface area contributed by atoms with Gasteiger partial charge in [-0.2, -0.15) is 0 Å². The number of carbonyl (C=O) groups is 1. The zero-order chi connectivity index (χ0) is 11.1. The maximum atomic E-state index is 12.3. The molecule has 0 aromatic heterocycles. The van der Waals surface area contributed by atoms with E-state index in [-0.39, 0.29) is 11.3 Å². The third-order valence-electron chi connectivity index (χ3n) is 3.56. The molecule has 1 N–H and O–H groups in total. The summed E-state index contributed by atoms with van der Waals surface area (Å²) in [5, 5.41) is 3.47. The molecular weight excluding hydrogens is 188 g/mol. The van der Waals surface area contributed by atoms with Crippen LogP contribution in [-0.2, 0) is 4.79 Å². The van der Waals surface area contributed by atoms with E-state index in [9.17, 15) is 4.79 Å². The van der Waals surface area contributed by atoms with Crippen LogP contribution in [0.5, 0.6) is 0 Å². The Morgan fingerprint density at radius 1 is 1.33 bits per heavy atom. The highest BCUT2D eigenvalue weighted by Crippen LogP contribution is 2.31. The Labute approximate surface area is 92.2 Å². The van der Waals surface area contributed by atoms with Gasteiger partial charge in [0, 0.05) is 24.4 Å². The molecule has 0 bridgehead atoms. The van der Waals surface area contributed by atoms with Crippen molar-refractivity contribution in [1.29, 1.82) is 0 Å². The van der Waals surface area contributed by atoms with E-state index in [2.05, 4.69) is 10.2 Å². The number of piperidine rings is 1. The Bertz CT molecular complexity index is 257. The number of ketones is 1. The molecule has 2 heterocycles. The molecule has 86 valence electrons. The first kappa shape index (κ1) is 11.1. The summed E-state index contributed by atoms with van der Waals surface area (Å²) in [4.78, 5) is 14.7. The molecule has 15 heavy (non-hydrogen) atoms. The van der Waals surface area contributed by atoms with Crippen LogP contribution in [0.1, 0.15) is 33.6 Å². The van der Waals surface area contributed by atoms with Crippen LogP contribution < -0.4 is 5.32 Å². The average molecular weight is 210 g/mol. The highest BCUT2D eigenvalue weighted by atomic mass is 16.1. The quantitative estimate of drug-likeness (QED) is 0.707. The van der Waals surface area contributed by atoms with Gasteiger partial charge in [-0.1, -0.05) is 20.8 Å². The highest BCUT2D eigenvalue weighted by Gasteiger charge is 2.41. The van der Waals surface area contributed by atoms with E-state index < -0.39 is 0 Å². The van der Waals surface area contributed by atoms with Gasteiger partial charge < -0.3 is 0 Å². The molecule has 0 amide bonds. The normalized spacial score (nSPS) is 32.7. The standard InChI is InChI=1S/C12H22N2O/c1-12(2,3)10(15)9-5-4-7-14-8-6-13-11(9)14/h9,11,13H,4-8H2,1-3H3. The molecule has 0 radical (unpaired) electrons. The SMILES string of the molecule is CC(C)(C)C(=O)C1CCCN2CCNC12. The summed E-state index contributed by atoms with van der Waals surface area (Å²) < 4.78 is 0. The van der Waals surface area contributed by atoms with E-state index in [0.29, 0.717) is 11.9 Å². The van der Waals surface area contributed by atoms with Gasteiger partial charge in [0.1, 0.15) is 5.78 Å². The summed E-state index contributed by atoms with van der Waals surface area (Å²) >= 11 is 0. The molecule has 0 spiro atoms. The van der Waals surface area contributed by atoms with Gasteiger partial charge in [0.05, 0.1) is 6.17 Å². The number of carbonyl (C=O) groups excluding carboxylic acids is 1. The predicted octanol–water partition coefficient (Wildman–Crippen LogP) is 1.24. The van der Waals surface area contributed by atoms with Crippen molar-refractivity contribution in [2.45, 2.75) is 39.8 Å². The Kier molecular flexibility index (Phi) is 2.86. The third kappa shape index (κ3) is 2.08. The van der Waals surface area contributed by atoms with Crippen LogP contribution in [0.4, 0.5) is 0 Å². The molecule has 2 fully saturated rings. The summed E-state index contributed by atoms with van der Waals surface area (Å²) in [5.41, 5.74) is -0.196. The Morgan fingerprint density at radius 2 is 2.07 bits per heavy atom. The maximum absolute atomic E-state index is 12.3. The molecule has 2 saturated heterocycles.